The zero-order valence-corrected chi connectivity index (χ0v) is 7.89. The summed E-state index contributed by atoms with van der Waals surface area (Å²) in [5.74, 6) is 0.0878. The first-order valence-corrected chi connectivity index (χ1v) is 4.74. The number of carbonyl (C=O) groups is 1. The highest BCUT2D eigenvalue weighted by Gasteiger charge is 2.26. The van der Waals surface area contributed by atoms with Crippen molar-refractivity contribution in [1.82, 2.24) is 10.6 Å². The number of hydrogen-bond donors (Lipinski definition) is 2. The SMILES string of the molecule is CCNC1CCCC1NC(C)=O. The summed E-state index contributed by atoms with van der Waals surface area (Å²) in [6.45, 7) is 4.67. The maximum Gasteiger partial charge on any atom is 0.217 e. The van der Waals surface area contributed by atoms with Crippen LogP contribution in [-0.4, -0.2) is 24.5 Å². The predicted molar refractivity (Wildman–Crippen MR) is 48.9 cm³/mol. The summed E-state index contributed by atoms with van der Waals surface area (Å²) >= 11 is 0. The van der Waals surface area contributed by atoms with Gasteiger partial charge in [0.15, 0.2) is 0 Å². The molecule has 0 aromatic rings. The van der Waals surface area contributed by atoms with E-state index in [0.29, 0.717) is 12.1 Å². The number of carbonyl (C=O) groups excluding carboxylic acids is 1. The lowest BCUT2D eigenvalue weighted by Crippen LogP contribution is -2.45. The summed E-state index contributed by atoms with van der Waals surface area (Å²) in [4.78, 5) is 10.8. The summed E-state index contributed by atoms with van der Waals surface area (Å²) in [7, 11) is 0. The minimum Gasteiger partial charge on any atom is -0.352 e. The quantitative estimate of drug-likeness (QED) is 0.653. The highest BCUT2D eigenvalue weighted by atomic mass is 16.1. The topological polar surface area (TPSA) is 41.1 Å². The summed E-state index contributed by atoms with van der Waals surface area (Å²) in [6, 6.07) is 0.862. The Bertz CT molecular complexity index is 159. The molecule has 0 bridgehead atoms. The molecule has 0 radical (unpaired) electrons. The molecule has 70 valence electrons. The van der Waals surface area contributed by atoms with E-state index in [9.17, 15) is 4.79 Å². The van der Waals surface area contributed by atoms with Crippen molar-refractivity contribution in [1.29, 1.82) is 0 Å². The zero-order chi connectivity index (χ0) is 8.97. The Hall–Kier alpha value is -0.570. The molecule has 1 fully saturated rings. The molecule has 2 N–H and O–H groups in total. The molecule has 1 saturated carbocycles. The first-order chi connectivity index (χ1) is 5.74. The lowest BCUT2D eigenvalue weighted by Gasteiger charge is -2.20. The first-order valence-electron chi connectivity index (χ1n) is 4.74. The standard InChI is InChI=1S/C9H18N2O/c1-3-10-8-5-4-6-9(8)11-7(2)12/h8-10H,3-6H2,1-2H3,(H,11,12). The van der Waals surface area contributed by atoms with Gasteiger partial charge in [0.05, 0.1) is 0 Å². The van der Waals surface area contributed by atoms with Gasteiger partial charge in [-0.25, -0.2) is 0 Å². The molecule has 0 saturated heterocycles. The molecule has 0 heterocycles. The van der Waals surface area contributed by atoms with E-state index in [2.05, 4.69) is 17.6 Å². The third-order valence-corrected chi connectivity index (χ3v) is 2.37. The Morgan fingerprint density at radius 2 is 2.08 bits per heavy atom. The molecule has 1 amide bonds. The van der Waals surface area contributed by atoms with Crippen LogP contribution in [0.25, 0.3) is 0 Å². The van der Waals surface area contributed by atoms with E-state index in [4.69, 9.17) is 0 Å². The molecular weight excluding hydrogens is 152 g/mol. The largest absolute Gasteiger partial charge is 0.352 e. The maximum atomic E-state index is 10.8. The van der Waals surface area contributed by atoms with Crippen LogP contribution in [0.3, 0.4) is 0 Å². The monoisotopic (exact) mass is 170 g/mol. The van der Waals surface area contributed by atoms with Gasteiger partial charge in [-0.1, -0.05) is 6.92 Å². The highest BCUT2D eigenvalue weighted by molar-refractivity contribution is 5.73. The van der Waals surface area contributed by atoms with Gasteiger partial charge >= 0.3 is 0 Å². The molecule has 0 aromatic carbocycles. The van der Waals surface area contributed by atoms with Gasteiger partial charge in [0.25, 0.3) is 0 Å². The molecule has 3 heteroatoms. The van der Waals surface area contributed by atoms with Crippen LogP contribution in [0.15, 0.2) is 0 Å². The highest BCUT2D eigenvalue weighted by Crippen LogP contribution is 2.18. The summed E-state index contributed by atoms with van der Waals surface area (Å²) < 4.78 is 0. The lowest BCUT2D eigenvalue weighted by atomic mass is 10.1. The van der Waals surface area contributed by atoms with Crippen LogP contribution in [0.5, 0.6) is 0 Å². The fraction of sp³-hybridized carbons (Fsp3) is 0.889. The first kappa shape index (κ1) is 9.52. The van der Waals surface area contributed by atoms with Crippen molar-refractivity contribution in [2.75, 3.05) is 6.54 Å². The Morgan fingerprint density at radius 1 is 1.42 bits per heavy atom. The minimum atomic E-state index is 0.0878. The summed E-state index contributed by atoms with van der Waals surface area (Å²) in [5.41, 5.74) is 0. The van der Waals surface area contributed by atoms with E-state index in [0.717, 1.165) is 13.0 Å². The number of likely N-dealkylation sites (N-methyl/N-ethyl adjacent to an activating group) is 1. The Balaban J connectivity index is 2.35. The van der Waals surface area contributed by atoms with Gasteiger partial charge in [0.1, 0.15) is 0 Å². The predicted octanol–water partition coefficient (Wildman–Crippen LogP) is 0.653. The van der Waals surface area contributed by atoms with Gasteiger partial charge < -0.3 is 10.6 Å². The zero-order valence-electron chi connectivity index (χ0n) is 7.89. The normalized spacial score (nSPS) is 28.8. The minimum absolute atomic E-state index is 0.0878. The molecule has 1 aliphatic rings. The van der Waals surface area contributed by atoms with Crippen LogP contribution >= 0.6 is 0 Å². The van der Waals surface area contributed by atoms with Crippen LogP contribution in [0, 0.1) is 0 Å². The summed E-state index contributed by atoms with van der Waals surface area (Å²) in [6.07, 6.45) is 3.54. The Labute approximate surface area is 73.9 Å². The Kier molecular flexibility index (Phi) is 3.53. The number of rotatable bonds is 3. The van der Waals surface area contributed by atoms with E-state index < -0.39 is 0 Å². The molecular formula is C9H18N2O. The van der Waals surface area contributed by atoms with Crippen LogP contribution in [0.1, 0.15) is 33.1 Å². The molecule has 0 aromatic heterocycles. The fourth-order valence-electron chi connectivity index (χ4n) is 1.90. The second kappa shape index (κ2) is 4.45. The smallest absolute Gasteiger partial charge is 0.217 e. The van der Waals surface area contributed by atoms with Crippen molar-refractivity contribution in [3.8, 4) is 0 Å². The van der Waals surface area contributed by atoms with Crippen molar-refractivity contribution < 1.29 is 4.79 Å². The lowest BCUT2D eigenvalue weighted by molar-refractivity contribution is -0.119. The van der Waals surface area contributed by atoms with Gasteiger partial charge in [-0.15, -0.1) is 0 Å². The van der Waals surface area contributed by atoms with E-state index >= 15 is 0 Å². The van der Waals surface area contributed by atoms with E-state index in [1.165, 1.54) is 12.8 Å². The number of hydrogen-bond acceptors (Lipinski definition) is 2. The van der Waals surface area contributed by atoms with Crippen molar-refractivity contribution in [3.63, 3.8) is 0 Å². The number of nitrogens with one attached hydrogen (secondary N) is 2. The molecule has 2 atom stereocenters. The Morgan fingerprint density at radius 3 is 2.67 bits per heavy atom. The van der Waals surface area contributed by atoms with Crippen LogP contribution in [0.4, 0.5) is 0 Å². The van der Waals surface area contributed by atoms with Gasteiger partial charge in [-0.3, -0.25) is 4.79 Å². The molecule has 0 aliphatic heterocycles. The second-order valence-electron chi connectivity index (χ2n) is 3.40. The van der Waals surface area contributed by atoms with Crippen LogP contribution < -0.4 is 10.6 Å². The van der Waals surface area contributed by atoms with Crippen molar-refractivity contribution in [2.45, 2.75) is 45.2 Å². The van der Waals surface area contributed by atoms with Gasteiger partial charge in [0, 0.05) is 19.0 Å². The molecule has 3 nitrogen and oxygen atoms in total. The van der Waals surface area contributed by atoms with E-state index in [-0.39, 0.29) is 5.91 Å². The average molecular weight is 170 g/mol. The molecule has 0 spiro atoms. The molecule has 1 rings (SSSR count). The van der Waals surface area contributed by atoms with E-state index in [1.807, 2.05) is 0 Å². The second-order valence-corrected chi connectivity index (χ2v) is 3.40. The number of amides is 1. The fourth-order valence-corrected chi connectivity index (χ4v) is 1.90. The molecule has 2 unspecified atom stereocenters. The van der Waals surface area contributed by atoms with Crippen molar-refractivity contribution in [2.24, 2.45) is 0 Å². The van der Waals surface area contributed by atoms with Crippen LogP contribution in [-0.2, 0) is 4.79 Å². The van der Waals surface area contributed by atoms with Crippen LogP contribution in [0.2, 0.25) is 0 Å². The summed E-state index contributed by atoms with van der Waals surface area (Å²) in [5, 5.41) is 6.36. The van der Waals surface area contributed by atoms with E-state index in [1.54, 1.807) is 6.92 Å². The van der Waals surface area contributed by atoms with Crippen molar-refractivity contribution >= 4 is 5.91 Å². The maximum absolute atomic E-state index is 10.8. The molecule has 12 heavy (non-hydrogen) atoms. The third kappa shape index (κ3) is 2.48. The third-order valence-electron chi connectivity index (χ3n) is 2.37. The van der Waals surface area contributed by atoms with Crippen molar-refractivity contribution in [3.05, 3.63) is 0 Å². The van der Waals surface area contributed by atoms with Gasteiger partial charge in [-0.2, -0.15) is 0 Å². The van der Waals surface area contributed by atoms with Gasteiger partial charge in [-0.05, 0) is 25.8 Å². The average Bonchev–Trinajstić information content (AvgIpc) is 2.37. The molecule has 1 aliphatic carbocycles. The van der Waals surface area contributed by atoms with Gasteiger partial charge in [0.2, 0.25) is 5.91 Å².